The summed E-state index contributed by atoms with van der Waals surface area (Å²) < 4.78 is 0. The summed E-state index contributed by atoms with van der Waals surface area (Å²) in [7, 11) is 0. The maximum absolute atomic E-state index is 10.8. The first kappa shape index (κ1) is 14.3. The van der Waals surface area contributed by atoms with Gasteiger partial charge in [0.2, 0.25) is 0 Å². The van der Waals surface area contributed by atoms with Gasteiger partial charge in [0.15, 0.2) is 0 Å². The normalized spacial score (nSPS) is 16.2. The molecule has 110 valence electrons. The van der Waals surface area contributed by atoms with E-state index in [0.29, 0.717) is 0 Å². The Hall–Kier alpha value is -1.66. The highest BCUT2D eigenvalue weighted by atomic mass is 32.1. The number of rotatable bonds is 4. The Morgan fingerprint density at radius 3 is 2.67 bits per heavy atom. The number of hydrogen-bond donors (Lipinski definition) is 0. The lowest BCUT2D eigenvalue weighted by Crippen LogP contribution is -2.27. The monoisotopic (exact) mass is 320 g/mol. The number of thiophene rings is 2. The molecule has 0 N–H and O–H groups in total. The van der Waals surface area contributed by atoms with E-state index in [9.17, 15) is 10.1 Å². The molecule has 0 aliphatic carbocycles. The van der Waals surface area contributed by atoms with Crippen molar-refractivity contribution >= 4 is 39.4 Å². The van der Waals surface area contributed by atoms with Crippen LogP contribution in [0.5, 0.6) is 0 Å². The first-order valence-electron chi connectivity index (χ1n) is 6.99. The second-order valence-corrected chi connectivity index (χ2v) is 7.03. The van der Waals surface area contributed by atoms with Crippen LogP contribution in [0.25, 0.3) is 11.8 Å². The summed E-state index contributed by atoms with van der Waals surface area (Å²) in [4.78, 5) is 15.1. The third kappa shape index (κ3) is 3.33. The molecule has 21 heavy (non-hydrogen) atoms. The van der Waals surface area contributed by atoms with Crippen LogP contribution in [0, 0.1) is 10.1 Å². The summed E-state index contributed by atoms with van der Waals surface area (Å²) in [6.45, 7) is 2.13. The number of hydrogen-bond acceptors (Lipinski definition) is 5. The van der Waals surface area contributed by atoms with Crippen LogP contribution in [-0.2, 0) is 0 Å². The lowest BCUT2D eigenvalue weighted by atomic mass is 10.1. The number of nitro groups is 1. The van der Waals surface area contributed by atoms with E-state index >= 15 is 0 Å². The summed E-state index contributed by atoms with van der Waals surface area (Å²) in [5.74, 6) is 0. The van der Waals surface area contributed by atoms with Gasteiger partial charge < -0.3 is 4.90 Å². The van der Waals surface area contributed by atoms with Crippen molar-refractivity contribution in [2.75, 3.05) is 13.1 Å². The van der Waals surface area contributed by atoms with Crippen LogP contribution in [0.4, 0.5) is 5.00 Å². The van der Waals surface area contributed by atoms with Gasteiger partial charge >= 0.3 is 5.00 Å². The summed E-state index contributed by atoms with van der Waals surface area (Å²) >= 11 is 2.95. The smallest absolute Gasteiger partial charge is 0.324 e. The van der Waals surface area contributed by atoms with Gasteiger partial charge in [-0.1, -0.05) is 17.4 Å². The first-order valence-corrected chi connectivity index (χ1v) is 8.68. The molecule has 2 aromatic heterocycles. The molecule has 0 saturated carbocycles. The highest BCUT2D eigenvalue weighted by molar-refractivity contribution is 7.16. The maximum atomic E-state index is 10.8. The molecular formula is C15H16N2O2S2. The molecule has 6 heteroatoms. The number of nitrogens with zero attached hydrogens (tertiary/aromatic N) is 2. The van der Waals surface area contributed by atoms with E-state index in [2.05, 4.69) is 28.5 Å². The summed E-state index contributed by atoms with van der Waals surface area (Å²) in [5.41, 5.74) is 1.20. The van der Waals surface area contributed by atoms with Crippen molar-refractivity contribution < 1.29 is 4.92 Å². The summed E-state index contributed by atoms with van der Waals surface area (Å²) in [5, 5.41) is 13.1. The molecule has 0 aromatic carbocycles. The molecule has 1 aliphatic heterocycles. The van der Waals surface area contributed by atoms with E-state index in [-0.39, 0.29) is 9.92 Å². The number of piperidine rings is 1. The Balaban J connectivity index is 1.93. The number of likely N-dealkylation sites (tertiary alicyclic amines) is 1. The van der Waals surface area contributed by atoms with Crippen LogP contribution in [0.2, 0.25) is 0 Å². The van der Waals surface area contributed by atoms with Gasteiger partial charge in [-0.2, -0.15) is 0 Å². The van der Waals surface area contributed by atoms with Gasteiger partial charge in [0.1, 0.15) is 0 Å². The molecular weight excluding hydrogens is 304 g/mol. The van der Waals surface area contributed by atoms with Crippen LogP contribution in [0.3, 0.4) is 0 Å². The minimum Gasteiger partial charge on any atom is -0.370 e. The summed E-state index contributed by atoms with van der Waals surface area (Å²) in [6, 6.07) is 7.58. The van der Waals surface area contributed by atoms with Crippen molar-refractivity contribution in [1.82, 2.24) is 4.90 Å². The fraction of sp³-hybridized carbons (Fsp3) is 0.333. The lowest BCUT2D eigenvalue weighted by Gasteiger charge is -2.30. The second kappa shape index (κ2) is 6.41. The fourth-order valence-electron chi connectivity index (χ4n) is 2.53. The molecule has 0 spiro atoms. The molecule has 1 aliphatic rings. The Labute approximate surface area is 131 Å². The Morgan fingerprint density at radius 2 is 2.05 bits per heavy atom. The van der Waals surface area contributed by atoms with E-state index < -0.39 is 0 Å². The molecule has 2 aromatic rings. The van der Waals surface area contributed by atoms with Gasteiger partial charge in [0, 0.05) is 24.0 Å². The van der Waals surface area contributed by atoms with Crippen LogP contribution >= 0.6 is 22.7 Å². The molecule has 0 atom stereocenters. The Morgan fingerprint density at radius 1 is 1.24 bits per heavy atom. The minimum atomic E-state index is -0.326. The van der Waals surface area contributed by atoms with Crippen molar-refractivity contribution in [3.05, 3.63) is 49.5 Å². The standard InChI is InChI=1S/C15H16N2O2S2/c18-17(19)15-7-6-12(21-15)11-13(14-5-4-10-20-14)16-8-2-1-3-9-16/h4-7,10-11H,1-3,8-9H2/b13-11+. The first-order chi connectivity index (χ1) is 10.2. The molecule has 0 amide bonds. The highest BCUT2D eigenvalue weighted by Crippen LogP contribution is 2.32. The van der Waals surface area contributed by atoms with E-state index in [4.69, 9.17) is 0 Å². The van der Waals surface area contributed by atoms with Gasteiger partial charge in [-0.25, -0.2) is 0 Å². The van der Waals surface area contributed by atoms with Crippen LogP contribution < -0.4 is 0 Å². The zero-order valence-electron chi connectivity index (χ0n) is 11.5. The van der Waals surface area contributed by atoms with Gasteiger partial charge in [-0.05, 0) is 42.9 Å². The molecule has 0 radical (unpaired) electrons. The van der Waals surface area contributed by atoms with Crippen molar-refractivity contribution in [3.8, 4) is 0 Å². The molecule has 0 bridgehead atoms. The Kier molecular flexibility index (Phi) is 4.36. The van der Waals surface area contributed by atoms with Crippen molar-refractivity contribution in [1.29, 1.82) is 0 Å². The zero-order chi connectivity index (χ0) is 14.7. The molecule has 4 nitrogen and oxygen atoms in total. The average molecular weight is 320 g/mol. The molecule has 1 saturated heterocycles. The SMILES string of the molecule is O=[N+]([O-])c1ccc(/C=C(\c2cccs2)N2CCCCC2)s1. The molecule has 0 unspecified atom stereocenters. The van der Waals surface area contributed by atoms with E-state index in [1.807, 2.05) is 6.07 Å². The Bertz CT molecular complexity index is 640. The molecule has 3 rings (SSSR count). The topological polar surface area (TPSA) is 46.4 Å². The minimum absolute atomic E-state index is 0.199. The predicted octanol–water partition coefficient (Wildman–Crippen LogP) is 4.70. The van der Waals surface area contributed by atoms with Gasteiger partial charge in [-0.3, -0.25) is 10.1 Å². The second-order valence-electron chi connectivity index (χ2n) is 4.99. The van der Waals surface area contributed by atoms with E-state index in [1.165, 1.54) is 41.2 Å². The quantitative estimate of drug-likeness (QED) is 0.606. The average Bonchev–Trinajstić information content (AvgIpc) is 3.17. The fourth-order valence-corrected chi connectivity index (χ4v) is 4.06. The lowest BCUT2D eigenvalue weighted by molar-refractivity contribution is -0.380. The maximum Gasteiger partial charge on any atom is 0.324 e. The van der Waals surface area contributed by atoms with Crippen molar-refractivity contribution in [2.45, 2.75) is 19.3 Å². The van der Waals surface area contributed by atoms with Crippen LogP contribution in [0.15, 0.2) is 29.6 Å². The predicted molar refractivity (Wildman–Crippen MR) is 88.6 cm³/mol. The van der Waals surface area contributed by atoms with E-state index in [0.717, 1.165) is 18.0 Å². The molecule has 3 heterocycles. The zero-order valence-corrected chi connectivity index (χ0v) is 13.2. The summed E-state index contributed by atoms with van der Waals surface area (Å²) in [6.07, 6.45) is 5.81. The third-order valence-electron chi connectivity index (χ3n) is 3.54. The van der Waals surface area contributed by atoms with Crippen LogP contribution in [-0.4, -0.2) is 22.9 Å². The van der Waals surface area contributed by atoms with Crippen LogP contribution in [0.1, 0.15) is 29.0 Å². The van der Waals surface area contributed by atoms with Gasteiger partial charge in [-0.15, -0.1) is 11.3 Å². The third-order valence-corrected chi connectivity index (χ3v) is 5.42. The van der Waals surface area contributed by atoms with Crippen molar-refractivity contribution in [3.63, 3.8) is 0 Å². The van der Waals surface area contributed by atoms with Gasteiger partial charge in [0.25, 0.3) is 0 Å². The van der Waals surface area contributed by atoms with E-state index in [1.54, 1.807) is 17.4 Å². The molecule has 1 fully saturated rings. The van der Waals surface area contributed by atoms with Gasteiger partial charge in [0.05, 0.1) is 15.5 Å². The van der Waals surface area contributed by atoms with Crippen molar-refractivity contribution in [2.24, 2.45) is 0 Å². The highest BCUT2D eigenvalue weighted by Gasteiger charge is 2.17. The largest absolute Gasteiger partial charge is 0.370 e.